The SMILES string of the molecule is CCn1nccc1CN(Cc1ccccc1)S(=O)(=O)c1ccc(C)cc1. The summed E-state index contributed by atoms with van der Waals surface area (Å²) < 4.78 is 29.9. The summed E-state index contributed by atoms with van der Waals surface area (Å²) in [4.78, 5) is 0.307. The molecular weight excluding hydrogens is 346 g/mol. The lowest BCUT2D eigenvalue weighted by Crippen LogP contribution is -2.31. The summed E-state index contributed by atoms with van der Waals surface area (Å²) in [6.07, 6.45) is 1.71. The summed E-state index contributed by atoms with van der Waals surface area (Å²) in [5.74, 6) is 0. The maximum atomic E-state index is 13.3. The Hall–Kier alpha value is -2.44. The van der Waals surface area contributed by atoms with Crippen molar-refractivity contribution in [1.29, 1.82) is 0 Å². The summed E-state index contributed by atoms with van der Waals surface area (Å²) in [7, 11) is -3.62. The molecule has 0 N–H and O–H groups in total. The second kappa shape index (κ2) is 7.85. The Morgan fingerprint density at radius 3 is 2.31 bits per heavy atom. The molecule has 1 heterocycles. The molecule has 0 spiro atoms. The monoisotopic (exact) mass is 369 g/mol. The Bertz CT molecular complexity index is 948. The lowest BCUT2D eigenvalue weighted by molar-refractivity contribution is 0.386. The van der Waals surface area contributed by atoms with Gasteiger partial charge in [-0.05, 0) is 37.6 Å². The van der Waals surface area contributed by atoms with Crippen LogP contribution in [-0.4, -0.2) is 22.5 Å². The van der Waals surface area contributed by atoms with Gasteiger partial charge in [-0.15, -0.1) is 0 Å². The molecule has 0 amide bonds. The van der Waals surface area contributed by atoms with Crippen molar-refractivity contribution < 1.29 is 8.42 Å². The van der Waals surface area contributed by atoms with Crippen LogP contribution in [0, 0.1) is 6.92 Å². The van der Waals surface area contributed by atoms with E-state index in [2.05, 4.69) is 5.10 Å². The lowest BCUT2D eigenvalue weighted by Gasteiger charge is -2.23. The van der Waals surface area contributed by atoms with Gasteiger partial charge in [-0.3, -0.25) is 4.68 Å². The first-order valence-electron chi connectivity index (χ1n) is 8.62. The molecule has 0 saturated carbocycles. The van der Waals surface area contributed by atoms with E-state index < -0.39 is 10.0 Å². The molecule has 0 aliphatic rings. The number of nitrogens with zero attached hydrogens (tertiary/aromatic N) is 3. The number of sulfonamides is 1. The molecule has 6 heteroatoms. The number of benzene rings is 2. The molecule has 0 aliphatic heterocycles. The Kier molecular flexibility index (Phi) is 5.54. The Balaban J connectivity index is 1.97. The van der Waals surface area contributed by atoms with Crippen LogP contribution in [0.1, 0.15) is 23.7 Å². The summed E-state index contributed by atoms with van der Waals surface area (Å²) in [5.41, 5.74) is 2.85. The zero-order chi connectivity index (χ0) is 18.6. The van der Waals surface area contributed by atoms with Crippen molar-refractivity contribution in [2.45, 2.75) is 38.4 Å². The summed E-state index contributed by atoms with van der Waals surface area (Å²) in [6, 6.07) is 18.5. The molecular formula is C20H23N3O2S. The van der Waals surface area contributed by atoms with Crippen LogP contribution in [0.2, 0.25) is 0 Å². The van der Waals surface area contributed by atoms with Crippen molar-refractivity contribution in [1.82, 2.24) is 14.1 Å². The summed E-state index contributed by atoms with van der Waals surface area (Å²) in [5, 5.41) is 4.26. The third-order valence-electron chi connectivity index (χ3n) is 4.30. The third-order valence-corrected chi connectivity index (χ3v) is 6.11. The first kappa shape index (κ1) is 18.4. The molecule has 5 nitrogen and oxygen atoms in total. The molecule has 0 aliphatic carbocycles. The Morgan fingerprint density at radius 2 is 1.65 bits per heavy atom. The number of hydrogen-bond acceptors (Lipinski definition) is 3. The van der Waals surface area contributed by atoms with Gasteiger partial charge >= 0.3 is 0 Å². The van der Waals surface area contributed by atoms with Crippen LogP contribution in [0.15, 0.2) is 71.8 Å². The largest absolute Gasteiger partial charge is 0.269 e. The van der Waals surface area contributed by atoms with Crippen molar-refractivity contribution in [2.24, 2.45) is 0 Å². The van der Waals surface area contributed by atoms with Crippen LogP contribution in [0.4, 0.5) is 0 Å². The molecule has 136 valence electrons. The van der Waals surface area contributed by atoms with Crippen LogP contribution < -0.4 is 0 Å². The molecule has 0 atom stereocenters. The number of rotatable bonds is 7. The van der Waals surface area contributed by atoms with E-state index in [9.17, 15) is 8.42 Å². The van der Waals surface area contributed by atoms with Crippen LogP contribution in [0.3, 0.4) is 0 Å². The fourth-order valence-corrected chi connectivity index (χ4v) is 4.23. The zero-order valence-electron chi connectivity index (χ0n) is 15.0. The second-order valence-electron chi connectivity index (χ2n) is 6.21. The molecule has 0 unspecified atom stereocenters. The average Bonchev–Trinajstić information content (AvgIpc) is 3.09. The van der Waals surface area contributed by atoms with Crippen molar-refractivity contribution in [2.75, 3.05) is 0 Å². The summed E-state index contributed by atoms with van der Waals surface area (Å²) in [6.45, 7) is 5.22. The average molecular weight is 369 g/mol. The van der Waals surface area contributed by atoms with Gasteiger partial charge < -0.3 is 0 Å². The van der Waals surface area contributed by atoms with E-state index in [1.807, 2.05) is 67.1 Å². The predicted octanol–water partition coefficient (Wildman–Crippen LogP) is 3.60. The molecule has 1 aromatic heterocycles. The molecule has 0 bridgehead atoms. The molecule has 2 aromatic carbocycles. The third kappa shape index (κ3) is 4.03. The van der Waals surface area contributed by atoms with E-state index in [4.69, 9.17) is 0 Å². The van der Waals surface area contributed by atoms with E-state index in [0.717, 1.165) is 16.8 Å². The topological polar surface area (TPSA) is 55.2 Å². The zero-order valence-corrected chi connectivity index (χ0v) is 15.9. The highest BCUT2D eigenvalue weighted by Crippen LogP contribution is 2.21. The molecule has 0 radical (unpaired) electrons. The van der Waals surface area contributed by atoms with E-state index in [-0.39, 0.29) is 6.54 Å². The minimum atomic E-state index is -3.62. The van der Waals surface area contributed by atoms with Crippen LogP contribution in [0.25, 0.3) is 0 Å². The predicted molar refractivity (Wildman–Crippen MR) is 102 cm³/mol. The molecule has 0 fully saturated rings. The molecule has 26 heavy (non-hydrogen) atoms. The van der Waals surface area contributed by atoms with Crippen molar-refractivity contribution in [3.63, 3.8) is 0 Å². The maximum Gasteiger partial charge on any atom is 0.243 e. The molecule has 3 aromatic rings. The Morgan fingerprint density at radius 1 is 0.962 bits per heavy atom. The van der Waals surface area contributed by atoms with E-state index in [0.29, 0.717) is 18.0 Å². The number of hydrogen-bond donors (Lipinski definition) is 0. The van der Waals surface area contributed by atoms with Gasteiger partial charge in [0.15, 0.2) is 0 Å². The fraction of sp³-hybridized carbons (Fsp3) is 0.250. The van der Waals surface area contributed by atoms with Gasteiger partial charge in [0.05, 0.1) is 17.1 Å². The number of aromatic nitrogens is 2. The molecule has 3 rings (SSSR count). The number of aryl methyl sites for hydroxylation is 2. The fourth-order valence-electron chi connectivity index (χ4n) is 2.83. The van der Waals surface area contributed by atoms with Crippen LogP contribution >= 0.6 is 0 Å². The van der Waals surface area contributed by atoms with Gasteiger partial charge in [-0.2, -0.15) is 9.40 Å². The highest BCUT2D eigenvalue weighted by atomic mass is 32.2. The first-order valence-corrected chi connectivity index (χ1v) is 10.1. The first-order chi connectivity index (χ1) is 12.5. The van der Waals surface area contributed by atoms with E-state index in [1.54, 1.807) is 18.3 Å². The Labute approximate surface area is 154 Å². The van der Waals surface area contributed by atoms with Gasteiger partial charge in [0.1, 0.15) is 0 Å². The van der Waals surface area contributed by atoms with Gasteiger partial charge in [-0.1, -0.05) is 48.0 Å². The lowest BCUT2D eigenvalue weighted by atomic mass is 10.2. The van der Waals surface area contributed by atoms with Gasteiger partial charge in [0, 0.05) is 19.3 Å². The maximum absolute atomic E-state index is 13.3. The standard InChI is InChI=1S/C20H23N3O2S/c1-3-23-19(13-14-21-23)16-22(15-18-7-5-4-6-8-18)26(24,25)20-11-9-17(2)10-12-20/h4-14H,3,15-16H2,1-2H3. The summed E-state index contributed by atoms with van der Waals surface area (Å²) >= 11 is 0. The van der Waals surface area contributed by atoms with Gasteiger partial charge in [0.2, 0.25) is 10.0 Å². The van der Waals surface area contributed by atoms with Crippen molar-refractivity contribution in [3.8, 4) is 0 Å². The molecule has 0 saturated heterocycles. The van der Waals surface area contributed by atoms with Crippen molar-refractivity contribution >= 4 is 10.0 Å². The van der Waals surface area contributed by atoms with Crippen LogP contribution in [-0.2, 0) is 29.7 Å². The van der Waals surface area contributed by atoms with E-state index >= 15 is 0 Å². The smallest absolute Gasteiger partial charge is 0.243 e. The highest BCUT2D eigenvalue weighted by Gasteiger charge is 2.26. The highest BCUT2D eigenvalue weighted by molar-refractivity contribution is 7.89. The van der Waals surface area contributed by atoms with Crippen LogP contribution in [0.5, 0.6) is 0 Å². The van der Waals surface area contributed by atoms with Gasteiger partial charge in [0.25, 0.3) is 0 Å². The van der Waals surface area contributed by atoms with E-state index in [1.165, 1.54) is 4.31 Å². The van der Waals surface area contributed by atoms with Crippen molar-refractivity contribution in [3.05, 3.63) is 83.7 Å². The minimum absolute atomic E-state index is 0.277. The normalized spacial score (nSPS) is 11.8. The quantitative estimate of drug-likeness (QED) is 0.639. The second-order valence-corrected chi connectivity index (χ2v) is 8.15. The minimum Gasteiger partial charge on any atom is -0.269 e. The van der Waals surface area contributed by atoms with Gasteiger partial charge in [-0.25, -0.2) is 8.42 Å².